The Bertz CT molecular complexity index is 1200. The highest BCUT2D eigenvalue weighted by molar-refractivity contribution is 9.10. The smallest absolute Gasteiger partial charge is 0.227 e. The van der Waals surface area contributed by atoms with Gasteiger partial charge in [-0.25, -0.2) is 0 Å². The van der Waals surface area contributed by atoms with Crippen LogP contribution >= 0.6 is 15.9 Å². The Labute approximate surface area is 185 Å². The molecule has 2 heterocycles. The molecule has 0 atom stereocenters. The van der Waals surface area contributed by atoms with Gasteiger partial charge in [0, 0.05) is 34.2 Å². The lowest BCUT2D eigenvalue weighted by molar-refractivity contribution is -0.131. The lowest BCUT2D eigenvalue weighted by Crippen LogP contribution is -2.37. The van der Waals surface area contributed by atoms with E-state index in [2.05, 4.69) is 69.0 Å². The molecule has 1 aromatic heterocycles. The van der Waals surface area contributed by atoms with Gasteiger partial charge in [-0.2, -0.15) is 0 Å². The van der Waals surface area contributed by atoms with Crippen LogP contribution in [0.15, 0.2) is 83.3 Å². The van der Waals surface area contributed by atoms with Gasteiger partial charge in [-0.05, 0) is 41.3 Å². The average Bonchev–Trinajstić information content (AvgIpc) is 3.09. The van der Waals surface area contributed by atoms with Crippen LogP contribution in [0.25, 0.3) is 10.9 Å². The number of hydrogen-bond donors (Lipinski definition) is 0. The molecule has 1 amide bonds. The molecule has 0 unspecified atom stereocenters. The van der Waals surface area contributed by atoms with Crippen LogP contribution in [-0.2, 0) is 30.7 Å². The van der Waals surface area contributed by atoms with Crippen molar-refractivity contribution in [1.29, 1.82) is 0 Å². The molecule has 0 spiro atoms. The number of carbonyl (C=O) groups excluding carboxylic acids is 1. The van der Waals surface area contributed by atoms with E-state index in [1.54, 1.807) is 0 Å². The number of para-hydroxylation sites is 1. The lowest BCUT2D eigenvalue weighted by atomic mass is 10.0. The number of carbonyl (C=O) groups is 1. The Morgan fingerprint density at radius 1 is 0.867 bits per heavy atom. The summed E-state index contributed by atoms with van der Waals surface area (Å²) in [7, 11) is 0. The standard InChI is InChI=1S/C26H23BrN2O/c27-21-12-10-20(11-13-21)17-29-24-9-5-4-8-22(24)23-14-15-28(18-25(23)29)26(30)16-19-6-2-1-3-7-19/h1-13H,14-18H2. The van der Waals surface area contributed by atoms with Crippen molar-refractivity contribution in [3.05, 3.63) is 106 Å². The van der Waals surface area contributed by atoms with Gasteiger partial charge in [0.1, 0.15) is 0 Å². The number of halogens is 1. The Kier molecular flexibility index (Phi) is 5.17. The molecule has 4 aromatic rings. The van der Waals surface area contributed by atoms with Gasteiger partial charge in [0.05, 0.1) is 13.0 Å². The summed E-state index contributed by atoms with van der Waals surface area (Å²) < 4.78 is 3.49. The molecule has 0 N–H and O–H groups in total. The summed E-state index contributed by atoms with van der Waals surface area (Å²) >= 11 is 3.52. The SMILES string of the molecule is O=C(Cc1ccccc1)N1CCc2c(n(Cc3ccc(Br)cc3)c3ccccc23)C1. The van der Waals surface area contributed by atoms with Gasteiger partial charge < -0.3 is 9.47 Å². The Balaban J connectivity index is 1.48. The Morgan fingerprint density at radius 2 is 1.60 bits per heavy atom. The third kappa shape index (κ3) is 3.68. The van der Waals surface area contributed by atoms with Gasteiger partial charge in [-0.1, -0.05) is 76.6 Å². The molecule has 3 aromatic carbocycles. The maximum Gasteiger partial charge on any atom is 0.227 e. The Morgan fingerprint density at radius 3 is 2.40 bits per heavy atom. The third-order valence-corrected chi connectivity index (χ3v) is 6.50. The number of nitrogens with zero attached hydrogens (tertiary/aromatic N) is 2. The van der Waals surface area contributed by atoms with Gasteiger partial charge in [0.15, 0.2) is 0 Å². The quantitative estimate of drug-likeness (QED) is 0.391. The third-order valence-electron chi connectivity index (χ3n) is 5.97. The van der Waals surface area contributed by atoms with Gasteiger partial charge in [0.25, 0.3) is 0 Å². The summed E-state index contributed by atoms with van der Waals surface area (Å²) in [5.41, 5.74) is 6.25. The highest BCUT2D eigenvalue weighted by Crippen LogP contribution is 2.32. The second-order valence-corrected chi connectivity index (χ2v) is 8.80. The fourth-order valence-electron chi connectivity index (χ4n) is 4.44. The molecule has 1 aliphatic rings. The topological polar surface area (TPSA) is 25.2 Å². The first-order chi connectivity index (χ1) is 14.7. The first-order valence-electron chi connectivity index (χ1n) is 10.3. The summed E-state index contributed by atoms with van der Waals surface area (Å²) in [6, 6.07) is 27.1. The molecule has 5 rings (SSSR count). The van der Waals surface area contributed by atoms with Crippen molar-refractivity contribution < 1.29 is 4.79 Å². The molecule has 1 aliphatic heterocycles. The zero-order valence-electron chi connectivity index (χ0n) is 16.7. The van der Waals surface area contributed by atoms with Crippen molar-refractivity contribution in [2.45, 2.75) is 25.9 Å². The Hall–Kier alpha value is -2.85. The predicted octanol–water partition coefficient (Wildman–Crippen LogP) is 5.58. The zero-order valence-corrected chi connectivity index (χ0v) is 18.3. The van der Waals surface area contributed by atoms with E-state index >= 15 is 0 Å². The number of benzene rings is 3. The fourth-order valence-corrected chi connectivity index (χ4v) is 4.71. The van der Waals surface area contributed by atoms with E-state index in [-0.39, 0.29) is 5.91 Å². The first-order valence-corrected chi connectivity index (χ1v) is 11.1. The number of fused-ring (bicyclic) bond motifs is 3. The monoisotopic (exact) mass is 458 g/mol. The van der Waals surface area contributed by atoms with Gasteiger partial charge in [-0.3, -0.25) is 4.79 Å². The molecule has 0 saturated heterocycles. The van der Waals surface area contributed by atoms with E-state index in [4.69, 9.17) is 0 Å². The van der Waals surface area contributed by atoms with Crippen molar-refractivity contribution in [1.82, 2.24) is 9.47 Å². The highest BCUT2D eigenvalue weighted by atomic mass is 79.9. The van der Waals surface area contributed by atoms with E-state index in [0.29, 0.717) is 13.0 Å². The minimum absolute atomic E-state index is 0.201. The number of rotatable bonds is 4. The molecule has 3 nitrogen and oxygen atoms in total. The van der Waals surface area contributed by atoms with E-state index in [0.717, 1.165) is 29.5 Å². The van der Waals surface area contributed by atoms with E-state index in [1.165, 1.54) is 27.7 Å². The van der Waals surface area contributed by atoms with Crippen molar-refractivity contribution in [2.24, 2.45) is 0 Å². The van der Waals surface area contributed by atoms with Crippen LogP contribution in [-0.4, -0.2) is 21.9 Å². The van der Waals surface area contributed by atoms with Crippen LogP contribution in [0.1, 0.15) is 22.4 Å². The molecule has 0 aliphatic carbocycles. The minimum Gasteiger partial charge on any atom is -0.338 e. The van der Waals surface area contributed by atoms with Crippen LogP contribution in [0, 0.1) is 0 Å². The molecule has 0 fully saturated rings. The highest BCUT2D eigenvalue weighted by Gasteiger charge is 2.26. The average molecular weight is 459 g/mol. The van der Waals surface area contributed by atoms with Crippen molar-refractivity contribution in [3.63, 3.8) is 0 Å². The second-order valence-electron chi connectivity index (χ2n) is 7.88. The van der Waals surface area contributed by atoms with E-state index < -0.39 is 0 Å². The summed E-state index contributed by atoms with van der Waals surface area (Å²) in [6.45, 7) is 2.26. The van der Waals surface area contributed by atoms with Crippen molar-refractivity contribution in [3.8, 4) is 0 Å². The normalized spacial score (nSPS) is 13.4. The largest absolute Gasteiger partial charge is 0.338 e. The summed E-state index contributed by atoms with van der Waals surface area (Å²) in [5, 5.41) is 1.32. The van der Waals surface area contributed by atoms with E-state index in [1.807, 2.05) is 35.2 Å². The van der Waals surface area contributed by atoms with Crippen LogP contribution < -0.4 is 0 Å². The van der Waals surface area contributed by atoms with Crippen LogP contribution in [0.4, 0.5) is 0 Å². The predicted molar refractivity (Wildman–Crippen MR) is 124 cm³/mol. The molecule has 0 radical (unpaired) electrons. The number of hydrogen-bond acceptors (Lipinski definition) is 1. The summed E-state index contributed by atoms with van der Waals surface area (Å²) in [6.07, 6.45) is 1.37. The maximum absolute atomic E-state index is 13.0. The summed E-state index contributed by atoms with van der Waals surface area (Å²) in [4.78, 5) is 15.0. The van der Waals surface area contributed by atoms with Gasteiger partial charge in [-0.15, -0.1) is 0 Å². The summed E-state index contributed by atoms with van der Waals surface area (Å²) in [5.74, 6) is 0.201. The van der Waals surface area contributed by atoms with Crippen molar-refractivity contribution >= 4 is 32.7 Å². The number of aromatic nitrogens is 1. The molecule has 0 bridgehead atoms. The van der Waals surface area contributed by atoms with E-state index in [9.17, 15) is 4.79 Å². The molecule has 4 heteroatoms. The molecule has 150 valence electrons. The van der Waals surface area contributed by atoms with Gasteiger partial charge in [0.2, 0.25) is 5.91 Å². The lowest BCUT2D eigenvalue weighted by Gasteiger charge is -2.29. The van der Waals surface area contributed by atoms with Crippen LogP contribution in [0.2, 0.25) is 0 Å². The minimum atomic E-state index is 0.201. The zero-order chi connectivity index (χ0) is 20.5. The molecule has 0 saturated carbocycles. The maximum atomic E-state index is 13.0. The van der Waals surface area contributed by atoms with Crippen LogP contribution in [0.3, 0.4) is 0 Å². The second kappa shape index (κ2) is 8.11. The molecular formula is C26H23BrN2O. The number of amides is 1. The molecular weight excluding hydrogens is 436 g/mol. The van der Waals surface area contributed by atoms with Crippen LogP contribution in [0.5, 0.6) is 0 Å². The van der Waals surface area contributed by atoms with Crippen molar-refractivity contribution in [2.75, 3.05) is 6.54 Å². The molecule has 30 heavy (non-hydrogen) atoms. The van der Waals surface area contributed by atoms with Gasteiger partial charge >= 0.3 is 0 Å². The first kappa shape index (κ1) is 19.1. The fraction of sp³-hybridized carbons (Fsp3) is 0.192.